The summed E-state index contributed by atoms with van der Waals surface area (Å²) in [5.74, 6) is -1.83. The van der Waals surface area contributed by atoms with Crippen molar-refractivity contribution < 1.29 is 13.6 Å². The molecule has 0 aliphatic heterocycles. The number of amides is 1. The highest BCUT2D eigenvalue weighted by Crippen LogP contribution is 2.17. The number of pyridine rings is 1. The van der Waals surface area contributed by atoms with Crippen molar-refractivity contribution in [3.8, 4) is 0 Å². The Labute approximate surface area is 119 Å². The number of rotatable bonds is 3. The lowest BCUT2D eigenvalue weighted by molar-refractivity contribution is -0.115. The Bertz CT molecular complexity index is 606. The van der Waals surface area contributed by atoms with Crippen molar-refractivity contribution in [1.82, 2.24) is 4.98 Å². The fourth-order valence-electron chi connectivity index (χ4n) is 1.69. The monoisotopic (exact) mass is 296 g/mol. The minimum Gasteiger partial charge on any atom is -0.324 e. The van der Waals surface area contributed by atoms with Crippen LogP contribution in [-0.4, -0.2) is 10.9 Å². The summed E-state index contributed by atoms with van der Waals surface area (Å²) in [7, 11) is 0. The maximum atomic E-state index is 13.4. The van der Waals surface area contributed by atoms with Gasteiger partial charge in [-0.1, -0.05) is 17.7 Å². The van der Waals surface area contributed by atoms with Gasteiger partial charge in [-0.05, 0) is 30.7 Å². The van der Waals surface area contributed by atoms with Gasteiger partial charge in [-0.3, -0.25) is 4.79 Å². The highest BCUT2D eigenvalue weighted by Gasteiger charge is 2.11. The average Bonchev–Trinajstić information content (AvgIpc) is 2.36. The maximum Gasteiger partial charge on any atom is 0.228 e. The highest BCUT2D eigenvalue weighted by molar-refractivity contribution is 6.29. The summed E-state index contributed by atoms with van der Waals surface area (Å²) < 4.78 is 26.2. The quantitative estimate of drug-likeness (QED) is 0.881. The molecule has 0 spiro atoms. The van der Waals surface area contributed by atoms with Crippen molar-refractivity contribution in [2.45, 2.75) is 13.3 Å². The highest BCUT2D eigenvalue weighted by atomic mass is 35.5. The standard InChI is InChI=1S/C14H11ClF2N2O/c1-8-12(4-5-13(15)18-8)19-14(20)6-9-2-3-10(16)7-11(9)17/h2-5,7H,6H2,1H3,(H,19,20). The van der Waals surface area contributed by atoms with Crippen LogP contribution in [0.25, 0.3) is 0 Å². The third kappa shape index (κ3) is 3.51. The fourth-order valence-corrected chi connectivity index (χ4v) is 1.88. The van der Waals surface area contributed by atoms with Gasteiger partial charge >= 0.3 is 0 Å². The third-order valence-electron chi connectivity index (χ3n) is 2.69. The molecule has 0 atom stereocenters. The first kappa shape index (κ1) is 14.4. The molecule has 0 aliphatic rings. The molecule has 2 rings (SSSR count). The SMILES string of the molecule is Cc1nc(Cl)ccc1NC(=O)Cc1ccc(F)cc1F. The lowest BCUT2D eigenvalue weighted by Crippen LogP contribution is -2.16. The van der Waals surface area contributed by atoms with E-state index < -0.39 is 17.5 Å². The molecule has 0 saturated heterocycles. The zero-order chi connectivity index (χ0) is 14.7. The van der Waals surface area contributed by atoms with Crippen LogP contribution >= 0.6 is 11.6 Å². The lowest BCUT2D eigenvalue weighted by Gasteiger charge is -2.08. The number of nitrogens with zero attached hydrogens (tertiary/aromatic N) is 1. The molecular formula is C14H11ClF2N2O. The maximum absolute atomic E-state index is 13.4. The smallest absolute Gasteiger partial charge is 0.228 e. The van der Waals surface area contributed by atoms with E-state index in [1.54, 1.807) is 19.1 Å². The number of carbonyl (C=O) groups is 1. The van der Waals surface area contributed by atoms with Gasteiger partial charge in [-0.2, -0.15) is 0 Å². The molecular weight excluding hydrogens is 286 g/mol. The van der Waals surface area contributed by atoms with Crippen molar-refractivity contribution in [3.05, 3.63) is 58.4 Å². The molecule has 0 unspecified atom stereocenters. The van der Waals surface area contributed by atoms with Gasteiger partial charge in [0.05, 0.1) is 17.8 Å². The molecule has 0 aliphatic carbocycles. The van der Waals surface area contributed by atoms with E-state index in [1.165, 1.54) is 6.07 Å². The van der Waals surface area contributed by atoms with Crippen LogP contribution in [0.2, 0.25) is 5.15 Å². The fraction of sp³-hybridized carbons (Fsp3) is 0.143. The van der Waals surface area contributed by atoms with Gasteiger partial charge < -0.3 is 5.32 Å². The molecule has 0 saturated carbocycles. The lowest BCUT2D eigenvalue weighted by atomic mass is 10.1. The second-order valence-electron chi connectivity index (χ2n) is 4.23. The first-order valence-corrected chi connectivity index (χ1v) is 6.20. The van der Waals surface area contributed by atoms with Crippen molar-refractivity contribution in [1.29, 1.82) is 0 Å². The molecule has 1 heterocycles. The van der Waals surface area contributed by atoms with Gasteiger partial charge in [0, 0.05) is 6.07 Å². The summed E-state index contributed by atoms with van der Waals surface area (Å²) in [6.07, 6.45) is -0.186. The Morgan fingerprint density at radius 3 is 2.70 bits per heavy atom. The van der Waals surface area contributed by atoms with Crippen molar-refractivity contribution >= 4 is 23.2 Å². The molecule has 1 aromatic carbocycles. The summed E-state index contributed by atoms with van der Waals surface area (Å²) in [5.41, 5.74) is 1.19. The molecule has 0 fully saturated rings. The Hall–Kier alpha value is -2.01. The van der Waals surface area contributed by atoms with E-state index in [0.717, 1.165) is 12.1 Å². The van der Waals surface area contributed by atoms with Gasteiger partial charge in [-0.15, -0.1) is 0 Å². The van der Waals surface area contributed by atoms with Gasteiger partial charge in [0.2, 0.25) is 5.91 Å². The molecule has 1 N–H and O–H groups in total. The number of hydrogen-bond donors (Lipinski definition) is 1. The first-order chi connectivity index (χ1) is 9.45. The van der Waals surface area contributed by atoms with E-state index in [4.69, 9.17) is 11.6 Å². The molecule has 1 aromatic heterocycles. The predicted octanol–water partition coefficient (Wildman–Crippen LogP) is 3.50. The minimum atomic E-state index is -0.744. The number of aromatic nitrogens is 1. The Balaban J connectivity index is 2.09. The van der Waals surface area contributed by atoms with Crippen LogP contribution in [0.1, 0.15) is 11.3 Å². The Morgan fingerprint density at radius 1 is 1.30 bits per heavy atom. The molecule has 3 nitrogen and oxygen atoms in total. The van der Waals surface area contributed by atoms with Gasteiger partial charge in [0.1, 0.15) is 16.8 Å². The summed E-state index contributed by atoms with van der Waals surface area (Å²) in [6.45, 7) is 1.69. The van der Waals surface area contributed by atoms with Gasteiger partial charge in [0.15, 0.2) is 0 Å². The molecule has 0 bridgehead atoms. The molecule has 104 valence electrons. The van der Waals surface area contributed by atoms with E-state index in [0.29, 0.717) is 16.5 Å². The number of nitrogens with one attached hydrogen (secondary N) is 1. The molecule has 6 heteroatoms. The van der Waals surface area contributed by atoms with Crippen LogP contribution in [0.5, 0.6) is 0 Å². The number of halogens is 3. The second-order valence-corrected chi connectivity index (χ2v) is 4.61. The normalized spacial score (nSPS) is 10.4. The summed E-state index contributed by atoms with van der Waals surface area (Å²) >= 11 is 5.71. The number of anilines is 1. The van der Waals surface area contributed by atoms with Crippen LogP contribution in [-0.2, 0) is 11.2 Å². The zero-order valence-corrected chi connectivity index (χ0v) is 11.3. The van der Waals surface area contributed by atoms with Gasteiger partial charge in [-0.25, -0.2) is 13.8 Å². The second kappa shape index (κ2) is 5.96. The van der Waals surface area contributed by atoms with E-state index >= 15 is 0 Å². The number of aryl methyl sites for hydroxylation is 1. The number of benzene rings is 1. The molecule has 20 heavy (non-hydrogen) atoms. The Kier molecular flexibility index (Phi) is 4.29. The third-order valence-corrected chi connectivity index (χ3v) is 2.90. The van der Waals surface area contributed by atoms with Crippen LogP contribution in [0.3, 0.4) is 0 Å². The largest absolute Gasteiger partial charge is 0.324 e. The predicted molar refractivity (Wildman–Crippen MR) is 72.7 cm³/mol. The molecule has 0 radical (unpaired) electrons. The van der Waals surface area contributed by atoms with E-state index in [9.17, 15) is 13.6 Å². The van der Waals surface area contributed by atoms with Gasteiger partial charge in [0.25, 0.3) is 0 Å². The molecule has 1 amide bonds. The van der Waals surface area contributed by atoms with Crippen LogP contribution in [0.4, 0.5) is 14.5 Å². The van der Waals surface area contributed by atoms with E-state index in [2.05, 4.69) is 10.3 Å². The summed E-state index contributed by atoms with van der Waals surface area (Å²) in [6, 6.07) is 6.27. The average molecular weight is 297 g/mol. The van der Waals surface area contributed by atoms with Crippen molar-refractivity contribution in [2.75, 3.05) is 5.32 Å². The van der Waals surface area contributed by atoms with Crippen LogP contribution in [0, 0.1) is 18.6 Å². The van der Waals surface area contributed by atoms with E-state index in [1.807, 2.05) is 0 Å². The Morgan fingerprint density at radius 2 is 2.05 bits per heavy atom. The number of carbonyl (C=O) groups excluding carboxylic acids is 1. The van der Waals surface area contributed by atoms with Crippen LogP contribution in [0.15, 0.2) is 30.3 Å². The summed E-state index contributed by atoms with van der Waals surface area (Å²) in [4.78, 5) is 15.8. The van der Waals surface area contributed by atoms with E-state index in [-0.39, 0.29) is 12.0 Å². The summed E-state index contributed by atoms with van der Waals surface area (Å²) in [5, 5.41) is 2.93. The van der Waals surface area contributed by atoms with Crippen molar-refractivity contribution in [2.24, 2.45) is 0 Å². The molecule has 2 aromatic rings. The van der Waals surface area contributed by atoms with Crippen molar-refractivity contribution in [3.63, 3.8) is 0 Å². The van der Waals surface area contributed by atoms with Crippen LogP contribution < -0.4 is 5.32 Å². The number of hydrogen-bond acceptors (Lipinski definition) is 2. The minimum absolute atomic E-state index is 0.128. The first-order valence-electron chi connectivity index (χ1n) is 5.82. The topological polar surface area (TPSA) is 42.0 Å². The zero-order valence-electron chi connectivity index (χ0n) is 10.6.